The molecule has 1 amide bonds. The summed E-state index contributed by atoms with van der Waals surface area (Å²) in [6, 6.07) is -1.25. The van der Waals surface area contributed by atoms with Gasteiger partial charge in [-0.1, -0.05) is 67.5 Å². The van der Waals surface area contributed by atoms with Gasteiger partial charge in [0.15, 0.2) is 6.29 Å². The van der Waals surface area contributed by atoms with Crippen molar-refractivity contribution in [2.75, 3.05) is 4.43 Å². The quantitative estimate of drug-likeness (QED) is 0.135. The molecule has 0 heterocycles. The zero-order chi connectivity index (χ0) is 17.5. The van der Waals surface area contributed by atoms with Gasteiger partial charge < -0.3 is 20.6 Å². The van der Waals surface area contributed by atoms with Gasteiger partial charge in [-0.15, -0.1) is 0 Å². The number of carboxylic acid groups (broad SMARTS) is 1. The van der Waals surface area contributed by atoms with Gasteiger partial charge in [-0.25, -0.2) is 4.79 Å². The molecule has 0 saturated heterocycles. The predicted octanol–water partition coefficient (Wildman–Crippen LogP) is 2.59. The van der Waals surface area contributed by atoms with Crippen molar-refractivity contribution in [1.82, 2.24) is 5.32 Å². The Balaban J connectivity index is 3.57. The van der Waals surface area contributed by atoms with Crippen LogP contribution in [0.4, 0.5) is 0 Å². The largest absolute Gasteiger partial charge is 0.480 e. The molecule has 0 aliphatic carbocycles. The summed E-state index contributed by atoms with van der Waals surface area (Å²) < 4.78 is 1.24. The van der Waals surface area contributed by atoms with E-state index in [-0.39, 0.29) is 12.3 Å². The van der Waals surface area contributed by atoms with Gasteiger partial charge >= 0.3 is 5.97 Å². The second kappa shape index (κ2) is 15.1. The van der Waals surface area contributed by atoms with E-state index in [0.717, 1.165) is 19.3 Å². The third-order valence-electron chi connectivity index (χ3n) is 3.62. The maximum absolute atomic E-state index is 11.6. The highest BCUT2D eigenvalue weighted by Gasteiger charge is 2.22. The van der Waals surface area contributed by atoms with Crippen LogP contribution in [0.3, 0.4) is 0 Å². The SMILES string of the molecule is O=C(CCCCCCCCCCCI)N[C@@H](CC(O)O)C(=O)O. The molecule has 0 rings (SSSR count). The fourth-order valence-corrected chi connectivity index (χ4v) is 2.86. The Morgan fingerprint density at radius 1 is 0.870 bits per heavy atom. The molecule has 0 aliphatic rings. The van der Waals surface area contributed by atoms with Crippen molar-refractivity contribution in [2.45, 2.75) is 83.0 Å². The van der Waals surface area contributed by atoms with E-state index in [9.17, 15) is 9.59 Å². The van der Waals surface area contributed by atoms with Crippen LogP contribution in [-0.2, 0) is 9.59 Å². The Morgan fingerprint density at radius 3 is 1.78 bits per heavy atom. The first-order chi connectivity index (χ1) is 11.0. The third-order valence-corrected chi connectivity index (χ3v) is 4.38. The summed E-state index contributed by atoms with van der Waals surface area (Å²) in [7, 11) is 0. The van der Waals surface area contributed by atoms with E-state index in [1.54, 1.807) is 0 Å². The van der Waals surface area contributed by atoms with Crippen LogP contribution in [0.1, 0.15) is 70.6 Å². The number of carbonyl (C=O) groups is 2. The number of aliphatic hydroxyl groups is 2. The van der Waals surface area contributed by atoms with Crippen molar-refractivity contribution in [1.29, 1.82) is 0 Å². The number of aliphatic carboxylic acids is 1. The molecule has 136 valence electrons. The first-order valence-corrected chi connectivity index (χ1v) is 9.94. The summed E-state index contributed by atoms with van der Waals surface area (Å²) in [6.07, 6.45) is 8.54. The van der Waals surface area contributed by atoms with Crippen LogP contribution in [-0.4, -0.2) is 44.0 Å². The Kier molecular flexibility index (Phi) is 14.9. The average Bonchev–Trinajstić information content (AvgIpc) is 2.48. The standard InChI is InChI=1S/C16H30INO5/c17-11-9-7-5-3-1-2-4-6-8-10-14(19)18-13(16(22)23)12-15(20)21/h13,15,20-21H,1-12H2,(H,18,19)(H,22,23)/t13-/m0/s1. The van der Waals surface area contributed by atoms with E-state index in [2.05, 4.69) is 27.9 Å². The van der Waals surface area contributed by atoms with Gasteiger partial charge in [0.2, 0.25) is 5.91 Å². The molecule has 0 aliphatic heterocycles. The van der Waals surface area contributed by atoms with Crippen molar-refractivity contribution < 1.29 is 24.9 Å². The second-order valence-corrected chi connectivity index (χ2v) is 6.87. The monoisotopic (exact) mass is 443 g/mol. The van der Waals surface area contributed by atoms with E-state index >= 15 is 0 Å². The van der Waals surface area contributed by atoms with Crippen molar-refractivity contribution >= 4 is 34.5 Å². The molecule has 0 aromatic carbocycles. The minimum absolute atomic E-state index is 0.279. The topological polar surface area (TPSA) is 107 Å². The van der Waals surface area contributed by atoms with Crippen LogP contribution in [0.5, 0.6) is 0 Å². The van der Waals surface area contributed by atoms with Gasteiger partial charge in [0.1, 0.15) is 6.04 Å². The molecular formula is C16H30INO5. The molecule has 0 spiro atoms. The summed E-state index contributed by atoms with van der Waals surface area (Å²) in [5.74, 6) is -1.61. The van der Waals surface area contributed by atoms with Crippen LogP contribution < -0.4 is 5.32 Å². The molecule has 0 radical (unpaired) electrons. The average molecular weight is 443 g/mol. The molecule has 7 heteroatoms. The van der Waals surface area contributed by atoms with E-state index in [0.29, 0.717) is 0 Å². The first kappa shape index (κ1) is 22.6. The molecule has 0 aromatic rings. The summed E-state index contributed by atoms with van der Waals surface area (Å²) >= 11 is 2.40. The lowest BCUT2D eigenvalue weighted by Gasteiger charge is -2.15. The normalized spacial score (nSPS) is 12.3. The molecule has 1 atom stereocenters. The number of hydrogen-bond donors (Lipinski definition) is 4. The maximum Gasteiger partial charge on any atom is 0.326 e. The van der Waals surface area contributed by atoms with Crippen LogP contribution >= 0.6 is 22.6 Å². The summed E-state index contributed by atoms with van der Waals surface area (Å²) in [6.45, 7) is 0. The number of halogens is 1. The number of carbonyl (C=O) groups excluding carboxylic acids is 1. The number of carboxylic acids is 1. The highest BCUT2D eigenvalue weighted by molar-refractivity contribution is 14.1. The molecule has 0 fully saturated rings. The zero-order valence-corrected chi connectivity index (χ0v) is 15.8. The number of amides is 1. The second-order valence-electron chi connectivity index (χ2n) is 5.80. The van der Waals surface area contributed by atoms with Crippen molar-refractivity contribution in [3.8, 4) is 0 Å². The molecule has 0 saturated carbocycles. The first-order valence-electron chi connectivity index (χ1n) is 8.41. The van der Waals surface area contributed by atoms with Crippen LogP contribution in [0, 0.1) is 0 Å². The lowest BCUT2D eigenvalue weighted by Crippen LogP contribution is -2.42. The van der Waals surface area contributed by atoms with Gasteiger partial charge in [-0.3, -0.25) is 4.79 Å². The Bertz CT molecular complexity index is 326. The molecule has 6 nitrogen and oxygen atoms in total. The minimum atomic E-state index is -1.74. The van der Waals surface area contributed by atoms with E-state index < -0.39 is 24.7 Å². The third kappa shape index (κ3) is 14.9. The van der Waals surface area contributed by atoms with Gasteiger partial charge in [0, 0.05) is 12.8 Å². The Hall–Kier alpha value is -0.410. The highest BCUT2D eigenvalue weighted by Crippen LogP contribution is 2.11. The number of aliphatic hydroxyl groups excluding tert-OH is 1. The molecule has 0 unspecified atom stereocenters. The van der Waals surface area contributed by atoms with Crippen molar-refractivity contribution in [3.05, 3.63) is 0 Å². The lowest BCUT2D eigenvalue weighted by molar-refractivity contribution is -0.145. The van der Waals surface area contributed by atoms with Crippen molar-refractivity contribution in [2.24, 2.45) is 0 Å². The molecule has 23 heavy (non-hydrogen) atoms. The highest BCUT2D eigenvalue weighted by atomic mass is 127. The van der Waals surface area contributed by atoms with Gasteiger partial charge in [-0.05, 0) is 17.3 Å². The Labute approximate surface area is 152 Å². The number of alkyl halides is 1. The van der Waals surface area contributed by atoms with Gasteiger partial charge in [0.05, 0.1) is 0 Å². The van der Waals surface area contributed by atoms with Crippen LogP contribution in [0.25, 0.3) is 0 Å². The van der Waals surface area contributed by atoms with E-state index in [1.807, 2.05) is 0 Å². The number of rotatable bonds is 15. The number of hydrogen-bond acceptors (Lipinski definition) is 4. The fraction of sp³-hybridized carbons (Fsp3) is 0.875. The van der Waals surface area contributed by atoms with Gasteiger partial charge in [0.25, 0.3) is 0 Å². The Morgan fingerprint density at radius 2 is 1.35 bits per heavy atom. The fourth-order valence-electron chi connectivity index (χ4n) is 2.32. The molecule has 0 aromatic heterocycles. The smallest absolute Gasteiger partial charge is 0.326 e. The minimum Gasteiger partial charge on any atom is -0.480 e. The zero-order valence-electron chi connectivity index (χ0n) is 13.7. The van der Waals surface area contributed by atoms with Gasteiger partial charge in [-0.2, -0.15) is 0 Å². The predicted molar refractivity (Wildman–Crippen MR) is 97.5 cm³/mol. The molecular weight excluding hydrogens is 413 g/mol. The van der Waals surface area contributed by atoms with E-state index in [4.69, 9.17) is 15.3 Å². The number of nitrogens with one attached hydrogen (secondary N) is 1. The van der Waals surface area contributed by atoms with E-state index in [1.165, 1.54) is 43.0 Å². The number of unbranched alkanes of at least 4 members (excludes halogenated alkanes) is 8. The van der Waals surface area contributed by atoms with Crippen LogP contribution in [0.2, 0.25) is 0 Å². The lowest BCUT2D eigenvalue weighted by atomic mass is 10.1. The molecule has 0 bridgehead atoms. The summed E-state index contributed by atoms with van der Waals surface area (Å²) in [5.41, 5.74) is 0. The van der Waals surface area contributed by atoms with Crippen LogP contribution in [0.15, 0.2) is 0 Å². The summed E-state index contributed by atoms with van der Waals surface area (Å²) in [4.78, 5) is 22.5. The maximum atomic E-state index is 11.6. The summed E-state index contributed by atoms with van der Waals surface area (Å²) in [5, 5.41) is 28.8. The molecule has 4 N–H and O–H groups in total. The van der Waals surface area contributed by atoms with Crippen molar-refractivity contribution in [3.63, 3.8) is 0 Å².